The van der Waals surface area contributed by atoms with Crippen LogP contribution in [0.4, 0.5) is 10.7 Å². The van der Waals surface area contributed by atoms with E-state index < -0.39 is 12.3 Å². The second-order valence-corrected chi connectivity index (χ2v) is 8.36. The van der Waals surface area contributed by atoms with Gasteiger partial charge in [-0.05, 0) is 55.4 Å². The van der Waals surface area contributed by atoms with Crippen LogP contribution in [0, 0.1) is 0 Å². The standard InChI is InChI=1S/C22H26N6O4/c1-32-17-6-7-18-13(10-17)8-9-27(22(30)31)20(18)26-21-23-11-14-12-24-28(19(14)25-21)15-2-4-16(29)5-3-15/h6-7,10-12,15-16,20,29H,2-5,8-9H2,1H3,(H,30,31)(H,23,25,26)/t15-,16-,20?. The fourth-order valence-electron chi connectivity index (χ4n) is 4.69. The number of hydrogen-bond donors (Lipinski definition) is 3. The molecule has 1 aliphatic carbocycles. The van der Waals surface area contributed by atoms with Crippen molar-refractivity contribution in [3.8, 4) is 5.75 Å². The van der Waals surface area contributed by atoms with Crippen molar-refractivity contribution >= 4 is 23.1 Å². The van der Waals surface area contributed by atoms with Crippen LogP contribution in [-0.4, -0.2) is 60.7 Å². The summed E-state index contributed by atoms with van der Waals surface area (Å²) in [5, 5.41) is 28.2. The zero-order chi connectivity index (χ0) is 22.2. The molecule has 1 fully saturated rings. The highest BCUT2D eigenvalue weighted by atomic mass is 16.5. The van der Waals surface area contributed by atoms with Gasteiger partial charge in [-0.2, -0.15) is 10.1 Å². The van der Waals surface area contributed by atoms with Crippen LogP contribution in [0.1, 0.15) is 49.0 Å². The van der Waals surface area contributed by atoms with Gasteiger partial charge in [0.25, 0.3) is 0 Å². The number of nitrogens with zero attached hydrogens (tertiary/aromatic N) is 5. The molecular formula is C22H26N6O4. The predicted octanol–water partition coefficient (Wildman–Crippen LogP) is 2.96. The third kappa shape index (κ3) is 3.70. The smallest absolute Gasteiger partial charge is 0.409 e. The summed E-state index contributed by atoms with van der Waals surface area (Å²) in [7, 11) is 1.61. The van der Waals surface area contributed by atoms with Gasteiger partial charge in [0.05, 0.1) is 30.8 Å². The summed E-state index contributed by atoms with van der Waals surface area (Å²) < 4.78 is 7.23. The third-order valence-electron chi connectivity index (χ3n) is 6.44. The number of rotatable bonds is 4. The minimum atomic E-state index is -1.00. The average Bonchev–Trinajstić information content (AvgIpc) is 3.22. The molecule has 1 aliphatic heterocycles. The number of fused-ring (bicyclic) bond motifs is 2. The van der Waals surface area contributed by atoms with E-state index in [4.69, 9.17) is 9.72 Å². The summed E-state index contributed by atoms with van der Waals surface area (Å²) in [4.78, 5) is 22.4. The molecule has 1 atom stereocenters. The minimum absolute atomic E-state index is 0.178. The van der Waals surface area contributed by atoms with Gasteiger partial charge in [-0.1, -0.05) is 6.07 Å². The summed E-state index contributed by atoms with van der Waals surface area (Å²) >= 11 is 0. The van der Waals surface area contributed by atoms with Crippen LogP contribution in [0.5, 0.6) is 5.75 Å². The molecule has 1 unspecified atom stereocenters. The zero-order valence-corrected chi connectivity index (χ0v) is 17.8. The van der Waals surface area contributed by atoms with Crippen molar-refractivity contribution in [1.82, 2.24) is 24.6 Å². The number of anilines is 1. The molecule has 10 heteroatoms. The van der Waals surface area contributed by atoms with Gasteiger partial charge >= 0.3 is 6.09 Å². The van der Waals surface area contributed by atoms with Crippen LogP contribution < -0.4 is 10.1 Å². The Bertz CT molecular complexity index is 1140. The molecule has 0 spiro atoms. The van der Waals surface area contributed by atoms with Crippen molar-refractivity contribution in [1.29, 1.82) is 0 Å². The summed E-state index contributed by atoms with van der Waals surface area (Å²) in [6, 6.07) is 5.84. The predicted molar refractivity (Wildman–Crippen MR) is 117 cm³/mol. The molecule has 32 heavy (non-hydrogen) atoms. The van der Waals surface area contributed by atoms with Crippen LogP contribution in [0.2, 0.25) is 0 Å². The zero-order valence-electron chi connectivity index (χ0n) is 17.8. The Morgan fingerprint density at radius 3 is 2.78 bits per heavy atom. The van der Waals surface area contributed by atoms with Gasteiger partial charge in [-0.15, -0.1) is 0 Å². The Hall–Kier alpha value is -3.40. The topological polar surface area (TPSA) is 126 Å². The molecular weight excluding hydrogens is 412 g/mol. The maximum absolute atomic E-state index is 11.9. The fraction of sp³-hybridized carbons (Fsp3) is 0.455. The lowest BCUT2D eigenvalue weighted by Gasteiger charge is -2.35. The van der Waals surface area contributed by atoms with Gasteiger partial charge < -0.3 is 20.3 Å². The molecule has 3 aromatic rings. The normalized spacial score (nSPS) is 23.1. The molecule has 0 bridgehead atoms. The van der Waals surface area contributed by atoms with Crippen LogP contribution in [-0.2, 0) is 6.42 Å². The summed E-state index contributed by atoms with van der Waals surface area (Å²) in [6.07, 6.45) is 5.38. The van der Waals surface area contributed by atoms with Gasteiger partial charge in [0, 0.05) is 12.7 Å². The number of nitrogens with one attached hydrogen (secondary N) is 1. The number of aliphatic hydroxyl groups is 1. The lowest BCUT2D eigenvalue weighted by Crippen LogP contribution is -2.43. The van der Waals surface area contributed by atoms with E-state index in [0.29, 0.717) is 24.6 Å². The summed E-state index contributed by atoms with van der Waals surface area (Å²) in [5.41, 5.74) is 2.60. The monoisotopic (exact) mass is 438 g/mol. The molecule has 3 N–H and O–H groups in total. The molecule has 0 saturated heterocycles. The first-order valence-electron chi connectivity index (χ1n) is 10.8. The SMILES string of the molecule is COc1ccc2c(c1)CCN(C(=O)O)C2Nc1ncc2cnn([C@H]3CC[C@H](O)CC3)c2n1. The molecule has 5 rings (SSSR count). The van der Waals surface area contributed by atoms with E-state index in [9.17, 15) is 15.0 Å². The fourth-order valence-corrected chi connectivity index (χ4v) is 4.69. The first-order chi connectivity index (χ1) is 15.5. The Morgan fingerprint density at radius 1 is 1.22 bits per heavy atom. The number of aromatic nitrogens is 4. The van der Waals surface area contributed by atoms with E-state index in [1.54, 1.807) is 19.5 Å². The number of hydrogen-bond acceptors (Lipinski definition) is 7. The molecule has 1 aromatic carbocycles. The Kier molecular flexibility index (Phi) is 5.30. The summed E-state index contributed by atoms with van der Waals surface area (Å²) in [5.74, 6) is 1.08. The lowest BCUT2D eigenvalue weighted by molar-refractivity contribution is 0.109. The molecule has 3 heterocycles. The van der Waals surface area contributed by atoms with Crippen LogP contribution in [0.3, 0.4) is 0 Å². The molecule has 1 saturated carbocycles. The van der Waals surface area contributed by atoms with Crippen molar-refractivity contribution in [2.45, 2.75) is 50.4 Å². The van der Waals surface area contributed by atoms with Crippen LogP contribution in [0.15, 0.2) is 30.6 Å². The molecule has 0 radical (unpaired) electrons. The maximum Gasteiger partial charge on any atom is 0.409 e. The van der Waals surface area contributed by atoms with Crippen LogP contribution in [0.25, 0.3) is 11.0 Å². The first-order valence-corrected chi connectivity index (χ1v) is 10.8. The lowest BCUT2D eigenvalue weighted by atomic mass is 9.93. The number of ether oxygens (including phenoxy) is 1. The van der Waals surface area contributed by atoms with E-state index in [0.717, 1.165) is 47.9 Å². The van der Waals surface area contributed by atoms with Crippen molar-refractivity contribution in [3.05, 3.63) is 41.7 Å². The average molecular weight is 438 g/mol. The van der Waals surface area contributed by atoms with E-state index >= 15 is 0 Å². The van der Waals surface area contributed by atoms with Gasteiger partial charge in [0.1, 0.15) is 11.9 Å². The molecule has 10 nitrogen and oxygen atoms in total. The largest absolute Gasteiger partial charge is 0.497 e. The van der Waals surface area contributed by atoms with Crippen molar-refractivity contribution in [3.63, 3.8) is 0 Å². The molecule has 1 amide bonds. The maximum atomic E-state index is 11.9. The quantitative estimate of drug-likeness (QED) is 0.568. The van der Waals surface area contributed by atoms with Gasteiger partial charge in [0.15, 0.2) is 5.65 Å². The van der Waals surface area contributed by atoms with E-state index in [1.807, 2.05) is 22.9 Å². The number of carbonyl (C=O) groups is 1. The highest BCUT2D eigenvalue weighted by Gasteiger charge is 2.32. The molecule has 2 aliphatic rings. The third-order valence-corrected chi connectivity index (χ3v) is 6.44. The first kappa shape index (κ1) is 20.5. The highest BCUT2D eigenvalue weighted by molar-refractivity contribution is 5.75. The van der Waals surface area contributed by atoms with Gasteiger partial charge in [-0.3, -0.25) is 4.90 Å². The second-order valence-electron chi connectivity index (χ2n) is 8.36. The number of amides is 1. The van der Waals surface area contributed by atoms with E-state index in [1.165, 1.54) is 4.90 Å². The van der Waals surface area contributed by atoms with Crippen molar-refractivity contribution in [2.24, 2.45) is 0 Å². The Morgan fingerprint density at radius 2 is 2.03 bits per heavy atom. The Balaban J connectivity index is 1.47. The number of carboxylic acid groups (broad SMARTS) is 1. The second kappa shape index (κ2) is 8.27. The number of aliphatic hydroxyl groups excluding tert-OH is 1. The van der Waals surface area contributed by atoms with Gasteiger partial charge in [-0.25, -0.2) is 14.5 Å². The molecule has 2 aromatic heterocycles. The Labute approximate surface area is 184 Å². The number of benzene rings is 1. The summed E-state index contributed by atoms with van der Waals surface area (Å²) in [6.45, 7) is 0.359. The number of methoxy groups -OCH3 is 1. The van der Waals surface area contributed by atoms with Crippen molar-refractivity contribution < 1.29 is 19.7 Å². The minimum Gasteiger partial charge on any atom is -0.497 e. The molecule has 168 valence electrons. The van der Waals surface area contributed by atoms with E-state index in [-0.39, 0.29) is 12.1 Å². The van der Waals surface area contributed by atoms with Crippen molar-refractivity contribution in [2.75, 3.05) is 19.0 Å². The van der Waals surface area contributed by atoms with E-state index in [2.05, 4.69) is 15.4 Å². The van der Waals surface area contributed by atoms with Gasteiger partial charge in [0.2, 0.25) is 5.95 Å². The van der Waals surface area contributed by atoms with Crippen LogP contribution >= 0.6 is 0 Å². The highest BCUT2D eigenvalue weighted by Crippen LogP contribution is 2.34.